The van der Waals surface area contributed by atoms with E-state index in [4.69, 9.17) is 5.11 Å². The molecular formula is C12H10FN3O3S2. The molecule has 0 saturated carbocycles. The number of aliphatic hydroxyl groups excluding tert-OH is 1. The quantitative estimate of drug-likeness (QED) is 0.824. The largest absolute Gasteiger partial charge is 0.395 e. The predicted octanol–water partition coefficient (Wildman–Crippen LogP) is 1.21. The minimum Gasteiger partial charge on any atom is -0.395 e. The van der Waals surface area contributed by atoms with Crippen LogP contribution in [0.15, 0.2) is 28.6 Å². The molecule has 0 atom stereocenters. The Hall–Kier alpha value is -2.02. The van der Waals surface area contributed by atoms with Gasteiger partial charge < -0.3 is 5.11 Å². The highest BCUT2D eigenvalue weighted by molar-refractivity contribution is 7.93. The van der Waals surface area contributed by atoms with Crippen molar-refractivity contribution in [1.29, 1.82) is 0 Å². The van der Waals surface area contributed by atoms with Gasteiger partial charge in [0.2, 0.25) is 5.13 Å². The van der Waals surface area contributed by atoms with Crippen molar-refractivity contribution < 1.29 is 17.9 Å². The lowest BCUT2D eigenvalue weighted by molar-refractivity contribution is 0.305. The van der Waals surface area contributed by atoms with Gasteiger partial charge in [0.15, 0.2) is 0 Å². The molecular weight excluding hydrogens is 317 g/mol. The minimum absolute atomic E-state index is 0.0567. The SMILES string of the molecule is O=S(=O)(Nc1nncs1)c1ccc(C#CCCO)cc1F. The number of sulfonamides is 1. The highest BCUT2D eigenvalue weighted by Gasteiger charge is 2.20. The van der Waals surface area contributed by atoms with Gasteiger partial charge in [-0.3, -0.25) is 4.72 Å². The third-order valence-corrected chi connectivity index (χ3v) is 4.38. The van der Waals surface area contributed by atoms with Gasteiger partial charge >= 0.3 is 0 Å². The van der Waals surface area contributed by atoms with Crippen molar-refractivity contribution in [2.24, 2.45) is 0 Å². The first-order chi connectivity index (χ1) is 10.0. The van der Waals surface area contributed by atoms with Gasteiger partial charge in [0.1, 0.15) is 16.2 Å². The molecule has 0 bridgehead atoms. The summed E-state index contributed by atoms with van der Waals surface area (Å²) in [5.74, 6) is 4.34. The van der Waals surface area contributed by atoms with E-state index >= 15 is 0 Å². The molecule has 0 aliphatic rings. The summed E-state index contributed by atoms with van der Waals surface area (Å²) >= 11 is 0.986. The molecule has 0 unspecified atom stereocenters. The van der Waals surface area contributed by atoms with Crippen LogP contribution in [0.3, 0.4) is 0 Å². The molecule has 0 saturated heterocycles. The number of halogens is 1. The van der Waals surface area contributed by atoms with Crippen LogP contribution in [0.2, 0.25) is 0 Å². The standard InChI is InChI=1S/C12H10FN3O3S2/c13-10-7-9(3-1-2-6-17)4-5-11(10)21(18,19)16-12-15-14-8-20-12/h4-5,7-8,17H,2,6H2,(H,15,16). The van der Waals surface area contributed by atoms with Crippen LogP contribution in [-0.4, -0.2) is 30.3 Å². The van der Waals surface area contributed by atoms with Gasteiger partial charge in [0.05, 0.1) is 6.61 Å². The van der Waals surface area contributed by atoms with Gasteiger partial charge in [0, 0.05) is 12.0 Å². The van der Waals surface area contributed by atoms with Crippen LogP contribution >= 0.6 is 11.3 Å². The maximum Gasteiger partial charge on any atom is 0.266 e. The summed E-state index contributed by atoms with van der Waals surface area (Å²) in [6.45, 7) is -0.0896. The summed E-state index contributed by atoms with van der Waals surface area (Å²) in [6, 6.07) is 3.54. The molecule has 1 aromatic carbocycles. The van der Waals surface area contributed by atoms with Crippen molar-refractivity contribution in [2.45, 2.75) is 11.3 Å². The number of hydrogen-bond acceptors (Lipinski definition) is 6. The van der Waals surface area contributed by atoms with Crippen molar-refractivity contribution in [3.63, 3.8) is 0 Å². The molecule has 0 radical (unpaired) electrons. The Balaban J connectivity index is 2.26. The zero-order chi connectivity index (χ0) is 15.3. The molecule has 6 nitrogen and oxygen atoms in total. The van der Waals surface area contributed by atoms with Crippen molar-refractivity contribution >= 4 is 26.5 Å². The van der Waals surface area contributed by atoms with E-state index < -0.39 is 20.7 Å². The van der Waals surface area contributed by atoms with E-state index in [1.54, 1.807) is 0 Å². The third kappa shape index (κ3) is 3.98. The fraction of sp³-hybridized carbons (Fsp3) is 0.167. The first-order valence-electron chi connectivity index (χ1n) is 5.71. The van der Waals surface area contributed by atoms with Crippen LogP contribution in [-0.2, 0) is 10.0 Å². The Morgan fingerprint density at radius 2 is 2.24 bits per heavy atom. The lowest BCUT2D eigenvalue weighted by Crippen LogP contribution is -2.14. The summed E-state index contributed by atoms with van der Waals surface area (Å²) in [5.41, 5.74) is 1.68. The number of nitrogens with zero attached hydrogens (tertiary/aromatic N) is 2. The molecule has 21 heavy (non-hydrogen) atoms. The van der Waals surface area contributed by atoms with Gasteiger partial charge in [-0.1, -0.05) is 23.2 Å². The minimum atomic E-state index is -4.06. The molecule has 2 aromatic rings. The molecule has 2 rings (SSSR count). The van der Waals surface area contributed by atoms with Gasteiger partial charge in [-0.25, -0.2) is 12.8 Å². The monoisotopic (exact) mass is 327 g/mol. The van der Waals surface area contributed by atoms with Crippen molar-refractivity contribution in [3.8, 4) is 11.8 Å². The summed E-state index contributed by atoms with van der Waals surface area (Å²) in [6.07, 6.45) is 0.264. The number of hydrogen-bond donors (Lipinski definition) is 2. The lowest BCUT2D eigenvalue weighted by Gasteiger charge is -2.06. The summed E-state index contributed by atoms with van der Waals surface area (Å²) in [7, 11) is -4.06. The third-order valence-electron chi connectivity index (χ3n) is 2.27. The Bertz CT molecular complexity index is 780. The normalized spacial score (nSPS) is 10.8. The van der Waals surface area contributed by atoms with Gasteiger partial charge in [-0.15, -0.1) is 10.2 Å². The Morgan fingerprint density at radius 1 is 1.43 bits per heavy atom. The smallest absolute Gasteiger partial charge is 0.266 e. The summed E-state index contributed by atoms with van der Waals surface area (Å²) < 4.78 is 40.1. The molecule has 0 fully saturated rings. The van der Waals surface area contributed by atoms with Crippen LogP contribution < -0.4 is 4.72 Å². The zero-order valence-electron chi connectivity index (χ0n) is 10.6. The van der Waals surface area contributed by atoms with Crippen LogP contribution in [0.4, 0.5) is 9.52 Å². The first kappa shape index (κ1) is 15.4. The average molecular weight is 327 g/mol. The maximum atomic E-state index is 13.9. The Labute approximate surface area is 124 Å². The second-order valence-electron chi connectivity index (χ2n) is 3.77. The molecule has 1 heterocycles. The van der Waals surface area contributed by atoms with Crippen LogP contribution in [0.25, 0.3) is 0 Å². The highest BCUT2D eigenvalue weighted by atomic mass is 32.2. The van der Waals surface area contributed by atoms with E-state index in [0.717, 1.165) is 23.5 Å². The van der Waals surface area contributed by atoms with Gasteiger partial charge in [0.25, 0.3) is 10.0 Å². The van der Waals surface area contributed by atoms with Crippen molar-refractivity contribution in [2.75, 3.05) is 11.3 Å². The van der Waals surface area contributed by atoms with Crippen molar-refractivity contribution in [1.82, 2.24) is 10.2 Å². The molecule has 0 aliphatic carbocycles. The highest BCUT2D eigenvalue weighted by Crippen LogP contribution is 2.20. The van der Waals surface area contributed by atoms with E-state index in [1.165, 1.54) is 11.6 Å². The van der Waals surface area contributed by atoms with Crippen LogP contribution in [0, 0.1) is 17.7 Å². The number of aliphatic hydroxyl groups is 1. The van der Waals surface area contributed by atoms with Crippen LogP contribution in [0.5, 0.6) is 0 Å². The number of rotatable bonds is 4. The molecule has 0 spiro atoms. The number of benzene rings is 1. The fourth-order valence-electron chi connectivity index (χ4n) is 1.40. The maximum absolute atomic E-state index is 13.9. The van der Waals surface area contributed by atoms with E-state index in [2.05, 4.69) is 26.8 Å². The fourth-order valence-corrected chi connectivity index (χ4v) is 3.16. The van der Waals surface area contributed by atoms with Crippen LogP contribution in [0.1, 0.15) is 12.0 Å². The number of anilines is 1. The second kappa shape index (κ2) is 6.62. The Kier molecular flexibility index (Phi) is 4.85. The number of aromatic nitrogens is 2. The van der Waals surface area contributed by atoms with E-state index in [0.29, 0.717) is 5.56 Å². The zero-order valence-corrected chi connectivity index (χ0v) is 12.2. The molecule has 0 aliphatic heterocycles. The number of nitrogens with one attached hydrogen (secondary N) is 1. The topological polar surface area (TPSA) is 92.2 Å². The molecule has 9 heteroatoms. The second-order valence-corrected chi connectivity index (χ2v) is 6.25. The molecule has 0 amide bonds. The summed E-state index contributed by atoms with van der Waals surface area (Å²) in [5, 5.41) is 15.7. The van der Waals surface area contributed by atoms with E-state index in [1.807, 2.05) is 0 Å². The van der Waals surface area contributed by atoms with Gasteiger partial charge in [-0.05, 0) is 18.2 Å². The summed E-state index contributed by atoms with van der Waals surface area (Å²) in [4.78, 5) is -0.495. The predicted molar refractivity (Wildman–Crippen MR) is 75.7 cm³/mol. The van der Waals surface area contributed by atoms with Gasteiger partial charge in [-0.2, -0.15) is 0 Å². The average Bonchev–Trinajstić information content (AvgIpc) is 2.91. The molecule has 1 aromatic heterocycles. The van der Waals surface area contributed by atoms with E-state index in [-0.39, 0.29) is 18.2 Å². The molecule has 110 valence electrons. The Morgan fingerprint density at radius 3 is 2.86 bits per heavy atom. The van der Waals surface area contributed by atoms with E-state index in [9.17, 15) is 12.8 Å². The van der Waals surface area contributed by atoms with Crippen molar-refractivity contribution in [3.05, 3.63) is 35.1 Å². The first-order valence-corrected chi connectivity index (χ1v) is 8.07. The molecule has 2 N–H and O–H groups in total. The lowest BCUT2D eigenvalue weighted by atomic mass is 10.2.